The van der Waals surface area contributed by atoms with E-state index in [1.54, 1.807) is 52.5 Å². The van der Waals surface area contributed by atoms with Gasteiger partial charge >= 0.3 is 7.82 Å². The van der Waals surface area contributed by atoms with Crippen LogP contribution in [0.4, 0.5) is 5.82 Å². The molecule has 0 aromatic carbocycles. The molecule has 14 nitrogen and oxygen atoms in total. The smallest absolute Gasteiger partial charge is 0.383 e. The zero-order chi connectivity index (χ0) is 28.2. The van der Waals surface area contributed by atoms with Crippen LogP contribution in [0.3, 0.4) is 0 Å². The van der Waals surface area contributed by atoms with Crippen LogP contribution in [-0.4, -0.2) is 115 Å². The highest BCUT2D eigenvalue weighted by molar-refractivity contribution is 8.76. The van der Waals surface area contributed by atoms with Gasteiger partial charge in [-0.2, -0.15) is 0 Å². The zero-order valence-electron chi connectivity index (χ0n) is 22.3. The Kier molecular flexibility index (Phi) is 10.3. The minimum absolute atomic E-state index is 0.0780. The van der Waals surface area contributed by atoms with E-state index in [1.165, 1.54) is 6.33 Å². The van der Waals surface area contributed by atoms with Gasteiger partial charge in [0.25, 0.3) is 0 Å². The lowest BCUT2D eigenvalue weighted by Gasteiger charge is -2.38. The summed E-state index contributed by atoms with van der Waals surface area (Å²) in [5, 5.41) is 12.2. The maximum atomic E-state index is 13.7. The summed E-state index contributed by atoms with van der Waals surface area (Å²) >= 11 is 0. The Balaban J connectivity index is 1.16. The second kappa shape index (κ2) is 13.5. The normalized spacial score (nSPS) is 34.3. The summed E-state index contributed by atoms with van der Waals surface area (Å²) in [7, 11) is 0.817. The van der Waals surface area contributed by atoms with Crippen molar-refractivity contribution in [3.63, 3.8) is 0 Å². The van der Waals surface area contributed by atoms with Crippen LogP contribution in [0.2, 0.25) is 0 Å². The number of nitrogen functional groups attached to an aromatic ring is 1. The van der Waals surface area contributed by atoms with E-state index in [4.69, 9.17) is 43.0 Å². The average Bonchev–Trinajstić information content (AvgIpc) is 3.47. The van der Waals surface area contributed by atoms with Gasteiger partial charge in [0.2, 0.25) is 0 Å². The molecule has 3 unspecified atom stereocenters. The lowest BCUT2D eigenvalue weighted by molar-refractivity contribution is -0.0977. The first-order valence-corrected chi connectivity index (χ1v) is 16.8. The Bertz CT molecular complexity index is 1180. The third-order valence-electron chi connectivity index (χ3n) is 6.74. The van der Waals surface area contributed by atoms with Crippen LogP contribution < -0.4 is 5.73 Å². The molecule has 5 rings (SSSR count). The molecule has 40 heavy (non-hydrogen) atoms. The standard InChI is InChI=1S/C23H35N4O10PS2/c1-23(28)19-16(35-22(23)27-4-3-15-20(24)25-14-26-21(15)27)11-34-38(29,37-19)36-18-13-40-39-12-17(18)33-10-9-32-8-7-31-6-5-30-2/h3-4,14,16-19,22,28H,5-13H2,1-2H3,(H2,24,25,26)/t16?,17-,18?,19+,22+,23+,38?/m0/s1. The van der Waals surface area contributed by atoms with Crippen LogP contribution in [0.15, 0.2) is 18.6 Å². The van der Waals surface area contributed by atoms with E-state index >= 15 is 0 Å². The molecule has 17 heteroatoms. The second-order valence-corrected chi connectivity index (χ2v) is 13.7. The van der Waals surface area contributed by atoms with Gasteiger partial charge in [-0.05, 0) is 13.0 Å². The van der Waals surface area contributed by atoms with Crippen LogP contribution in [-0.2, 0) is 41.8 Å². The molecule has 0 saturated carbocycles. The summed E-state index contributed by atoms with van der Waals surface area (Å²) in [6.07, 6.45) is -0.376. The predicted octanol–water partition coefficient (Wildman–Crippen LogP) is 2.03. The molecule has 2 aromatic heterocycles. The number of nitrogens with two attached hydrogens (primary N) is 1. The molecule has 0 radical (unpaired) electrons. The van der Waals surface area contributed by atoms with Crippen molar-refractivity contribution in [1.82, 2.24) is 14.5 Å². The fraction of sp³-hybridized carbons (Fsp3) is 0.739. The number of methoxy groups -OCH3 is 1. The highest BCUT2D eigenvalue weighted by atomic mass is 33.1. The Morgan fingerprint density at radius 1 is 1.15 bits per heavy atom. The molecule has 3 N–H and O–H groups in total. The van der Waals surface area contributed by atoms with Gasteiger partial charge in [0, 0.05) is 24.8 Å². The van der Waals surface area contributed by atoms with Gasteiger partial charge in [0.1, 0.15) is 41.7 Å². The zero-order valence-corrected chi connectivity index (χ0v) is 24.8. The van der Waals surface area contributed by atoms with E-state index in [9.17, 15) is 9.67 Å². The summed E-state index contributed by atoms with van der Waals surface area (Å²) in [5.41, 5.74) is 4.88. The van der Waals surface area contributed by atoms with Crippen molar-refractivity contribution in [2.24, 2.45) is 0 Å². The first-order chi connectivity index (χ1) is 19.3. The first kappa shape index (κ1) is 30.4. The van der Waals surface area contributed by atoms with Crippen molar-refractivity contribution in [1.29, 1.82) is 0 Å². The van der Waals surface area contributed by atoms with E-state index in [-0.39, 0.29) is 12.7 Å². The molecule has 2 aromatic rings. The minimum atomic E-state index is -4.05. The Morgan fingerprint density at radius 2 is 1.88 bits per heavy atom. The van der Waals surface area contributed by atoms with Crippen molar-refractivity contribution in [2.45, 2.75) is 43.2 Å². The monoisotopic (exact) mass is 622 g/mol. The summed E-state index contributed by atoms with van der Waals surface area (Å²) in [6, 6.07) is 1.75. The maximum absolute atomic E-state index is 13.7. The molecule has 3 aliphatic rings. The molecule has 5 heterocycles. The third kappa shape index (κ3) is 6.79. The second-order valence-electron chi connectivity index (χ2n) is 9.58. The van der Waals surface area contributed by atoms with Gasteiger partial charge < -0.3 is 39.1 Å². The van der Waals surface area contributed by atoms with Gasteiger partial charge in [0.05, 0.1) is 57.7 Å². The first-order valence-electron chi connectivity index (χ1n) is 12.9. The maximum Gasteiger partial charge on any atom is 0.475 e. The number of hydrogen-bond donors (Lipinski definition) is 2. The summed E-state index contributed by atoms with van der Waals surface area (Å²) in [4.78, 5) is 8.29. The third-order valence-corrected chi connectivity index (χ3v) is 10.6. The van der Waals surface area contributed by atoms with Crippen molar-refractivity contribution < 1.29 is 46.9 Å². The van der Waals surface area contributed by atoms with Gasteiger partial charge in [-0.25, -0.2) is 14.5 Å². The van der Waals surface area contributed by atoms with Crippen molar-refractivity contribution in [3.8, 4) is 0 Å². The number of hydrogen-bond acceptors (Lipinski definition) is 15. The quantitative estimate of drug-likeness (QED) is 0.189. The number of phosphoric acid groups is 1. The lowest BCUT2D eigenvalue weighted by Crippen LogP contribution is -2.48. The molecule has 0 amide bonds. The Hall–Kier alpha value is -1.01. The van der Waals surface area contributed by atoms with Gasteiger partial charge in [0.15, 0.2) is 6.23 Å². The fourth-order valence-corrected chi connectivity index (χ4v) is 8.90. The van der Waals surface area contributed by atoms with Crippen LogP contribution >= 0.6 is 29.4 Å². The number of phosphoric ester groups is 1. The molecule has 224 valence electrons. The number of aliphatic hydroxyl groups is 1. The average molecular weight is 623 g/mol. The molecule has 3 aliphatic heterocycles. The van der Waals surface area contributed by atoms with Gasteiger partial charge in [-0.1, -0.05) is 21.6 Å². The minimum Gasteiger partial charge on any atom is -0.383 e. The Labute approximate surface area is 239 Å². The molecular formula is C23H35N4O10PS2. The number of rotatable bonds is 13. The topological polar surface area (TPSA) is 168 Å². The summed E-state index contributed by atoms with van der Waals surface area (Å²) in [6.45, 7) is 4.20. The highest BCUT2D eigenvalue weighted by Gasteiger charge is 2.60. The number of ether oxygens (including phenoxy) is 5. The van der Waals surface area contributed by atoms with E-state index in [1.807, 2.05) is 0 Å². The molecule has 3 saturated heterocycles. The van der Waals surface area contributed by atoms with Gasteiger partial charge in [-0.3, -0.25) is 13.6 Å². The molecule has 3 fully saturated rings. The van der Waals surface area contributed by atoms with Crippen molar-refractivity contribution >= 4 is 46.3 Å². The lowest BCUT2D eigenvalue weighted by atomic mass is 9.96. The molecular weight excluding hydrogens is 587 g/mol. The summed E-state index contributed by atoms with van der Waals surface area (Å²) < 4.78 is 60.7. The fourth-order valence-electron chi connectivity index (χ4n) is 4.70. The summed E-state index contributed by atoms with van der Waals surface area (Å²) in [5.74, 6) is 1.48. The van der Waals surface area contributed by atoms with Crippen molar-refractivity contribution in [2.75, 3.05) is 70.6 Å². The molecule has 7 atom stereocenters. The SMILES string of the molecule is COCCOCCOCCO[C@H]1CSSCC1OP1(=O)OCC2O[C@@H](n3ccc4c(N)ncnc43)[C@](C)(O)[C@@H]2O1. The van der Waals surface area contributed by atoms with Gasteiger partial charge in [-0.15, -0.1) is 0 Å². The van der Waals surface area contributed by atoms with E-state index in [2.05, 4.69) is 9.97 Å². The Morgan fingerprint density at radius 3 is 2.65 bits per heavy atom. The molecule has 0 bridgehead atoms. The van der Waals surface area contributed by atoms with E-state index < -0.39 is 38.0 Å². The molecule has 0 aliphatic carbocycles. The van der Waals surface area contributed by atoms with E-state index in [0.29, 0.717) is 68.0 Å². The van der Waals surface area contributed by atoms with Crippen LogP contribution in [0.5, 0.6) is 0 Å². The van der Waals surface area contributed by atoms with E-state index in [0.717, 1.165) is 0 Å². The number of nitrogens with zero attached hydrogens (tertiary/aromatic N) is 3. The largest absolute Gasteiger partial charge is 0.475 e. The van der Waals surface area contributed by atoms with Crippen LogP contribution in [0.1, 0.15) is 13.2 Å². The van der Waals surface area contributed by atoms with Crippen LogP contribution in [0, 0.1) is 0 Å². The number of fused-ring (bicyclic) bond motifs is 2. The predicted molar refractivity (Wildman–Crippen MR) is 148 cm³/mol. The number of anilines is 1. The number of aromatic nitrogens is 3. The van der Waals surface area contributed by atoms with Crippen LogP contribution in [0.25, 0.3) is 11.0 Å². The highest BCUT2D eigenvalue weighted by Crippen LogP contribution is 2.60. The van der Waals surface area contributed by atoms with Crippen molar-refractivity contribution in [3.05, 3.63) is 18.6 Å². The molecule has 0 spiro atoms.